The second-order valence-corrected chi connectivity index (χ2v) is 3.84. The second kappa shape index (κ2) is 5.44. The molecule has 1 aromatic rings. The van der Waals surface area contributed by atoms with E-state index in [1.165, 1.54) is 12.1 Å². The summed E-state index contributed by atoms with van der Waals surface area (Å²) in [5, 5.41) is 0. The number of alkyl halides is 3. The van der Waals surface area contributed by atoms with Gasteiger partial charge in [-0.15, -0.1) is 12.6 Å². The third-order valence-electron chi connectivity index (χ3n) is 2.03. The number of ether oxygens (including phenoxy) is 1. The Morgan fingerprint density at radius 1 is 1.41 bits per heavy atom. The third kappa shape index (κ3) is 3.96. The van der Waals surface area contributed by atoms with E-state index in [-0.39, 0.29) is 12.2 Å². The van der Waals surface area contributed by atoms with E-state index >= 15 is 0 Å². The molecule has 0 saturated carbocycles. The number of carbonyl (C=O) groups is 1. The van der Waals surface area contributed by atoms with E-state index in [1.807, 2.05) is 0 Å². The fourth-order valence-electron chi connectivity index (χ4n) is 1.37. The van der Waals surface area contributed by atoms with Gasteiger partial charge in [0.1, 0.15) is 0 Å². The van der Waals surface area contributed by atoms with Gasteiger partial charge < -0.3 is 4.74 Å². The molecule has 0 unspecified atom stereocenters. The largest absolute Gasteiger partial charge is 0.466 e. The zero-order chi connectivity index (χ0) is 13.1. The molecule has 0 bridgehead atoms. The monoisotopic (exact) mass is 264 g/mol. The van der Waals surface area contributed by atoms with Crippen molar-refractivity contribution in [1.29, 1.82) is 0 Å². The molecule has 0 aliphatic carbocycles. The van der Waals surface area contributed by atoms with Crippen molar-refractivity contribution in [3.63, 3.8) is 0 Å². The van der Waals surface area contributed by atoms with Gasteiger partial charge in [0.05, 0.1) is 18.6 Å². The van der Waals surface area contributed by atoms with Crippen LogP contribution in [0.1, 0.15) is 18.1 Å². The average molecular weight is 264 g/mol. The molecule has 0 atom stereocenters. The van der Waals surface area contributed by atoms with Crippen LogP contribution in [0.4, 0.5) is 13.2 Å². The quantitative estimate of drug-likeness (QED) is 0.670. The summed E-state index contributed by atoms with van der Waals surface area (Å²) in [6.45, 7) is 1.73. The molecule has 0 N–H and O–H groups in total. The summed E-state index contributed by atoms with van der Waals surface area (Å²) in [6, 6.07) is 3.38. The summed E-state index contributed by atoms with van der Waals surface area (Å²) < 4.78 is 42.5. The van der Waals surface area contributed by atoms with Crippen molar-refractivity contribution in [3.8, 4) is 0 Å². The summed E-state index contributed by atoms with van der Waals surface area (Å²) in [6.07, 6.45) is -4.89. The molecule has 0 aromatic heterocycles. The Hall–Kier alpha value is -1.17. The fraction of sp³-hybridized carbons (Fsp3) is 0.364. The number of esters is 1. The molecule has 6 heteroatoms. The predicted molar refractivity (Wildman–Crippen MR) is 59.0 cm³/mol. The zero-order valence-corrected chi connectivity index (χ0v) is 9.94. The van der Waals surface area contributed by atoms with Crippen LogP contribution in [0.15, 0.2) is 23.1 Å². The molecular formula is C11H11F3O2S. The standard InChI is InChI=1S/C11H11F3O2S/c1-2-16-10(15)6-7-5-8(17)3-4-9(7)11(12,13)14/h3-5,17H,2,6H2,1H3. The molecule has 1 rings (SSSR count). The van der Waals surface area contributed by atoms with Gasteiger partial charge in [0.15, 0.2) is 0 Å². The van der Waals surface area contributed by atoms with E-state index in [4.69, 9.17) is 0 Å². The maximum atomic E-state index is 12.6. The molecule has 2 nitrogen and oxygen atoms in total. The van der Waals surface area contributed by atoms with Gasteiger partial charge in [-0.05, 0) is 30.7 Å². The number of rotatable bonds is 3. The summed E-state index contributed by atoms with van der Waals surface area (Å²) in [7, 11) is 0. The van der Waals surface area contributed by atoms with Crippen LogP contribution in [0.2, 0.25) is 0 Å². The van der Waals surface area contributed by atoms with Crippen LogP contribution < -0.4 is 0 Å². The topological polar surface area (TPSA) is 26.3 Å². The van der Waals surface area contributed by atoms with Crippen LogP contribution in [0.3, 0.4) is 0 Å². The van der Waals surface area contributed by atoms with Crippen molar-refractivity contribution in [2.24, 2.45) is 0 Å². The van der Waals surface area contributed by atoms with E-state index in [0.717, 1.165) is 6.07 Å². The highest BCUT2D eigenvalue weighted by Crippen LogP contribution is 2.33. The normalized spacial score (nSPS) is 11.4. The Morgan fingerprint density at radius 2 is 2.06 bits per heavy atom. The minimum absolute atomic E-state index is 0.122. The first kappa shape index (κ1) is 13.9. The Kier molecular flexibility index (Phi) is 4.45. The van der Waals surface area contributed by atoms with Crippen molar-refractivity contribution in [2.75, 3.05) is 6.61 Å². The Labute approximate surface area is 102 Å². The molecule has 0 radical (unpaired) electrons. The van der Waals surface area contributed by atoms with E-state index in [0.29, 0.717) is 4.90 Å². The highest BCUT2D eigenvalue weighted by molar-refractivity contribution is 7.80. The van der Waals surface area contributed by atoms with Crippen molar-refractivity contribution in [3.05, 3.63) is 29.3 Å². The first-order valence-corrected chi connectivity index (χ1v) is 5.34. The number of hydrogen-bond donors (Lipinski definition) is 1. The highest BCUT2D eigenvalue weighted by atomic mass is 32.1. The van der Waals surface area contributed by atoms with Gasteiger partial charge in [-0.25, -0.2) is 0 Å². The van der Waals surface area contributed by atoms with Crippen LogP contribution in [0.5, 0.6) is 0 Å². The van der Waals surface area contributed by atoms with Crippen LogP contribution >= 0.6 is 12.6 Å². The Bertz CT molecular complexity index is 416. The van der Waals surface area contributed by atoms with Gasteiger partial charge in [0, 0.05) is 4.90 Å². The SMILES string of the molecule is CCOC(=O)Cc1cc(S)ccc1C(F)(F)F. The summed E-state index contributed by atoms with van der Waals surface area (Å²) in [5.74, 6) is -0.683. The molecule has 0 saturated heterocycles. The van der Waals surface area contributed by atoms with Crippen LogP contribution in [0, 0.1) is 0 Å². The number of carbonyl (C=O) groups excluding carboxylic acids is 1. The van der Waals surface area contributed by atoms with E-state index in [1.54, 1.807) is 6.92 Å². The lowest BCUT2D eigenvalue weighted by molar-refractivity contribution is -0.143. The average Bonchev–Trinajstić information content (AvgIpc) is 2.15. The number of benzene rings is 1. The fourth-order valence-corrected chi connectivity index (χ4v) is 1.60. The van der Waals surface area contributed by atoms with Crippen molar-refractivity contribution in [2.45, 2.75) is 24.4 Å². The Balaban J connectivity index is 3.04. The number of halogens is 3. The predicted octanol–water partition coefficient (Wildman–Crippen LogP) is 3.10. The van der Waals surface area contributed by atoms with Gasteiger partial charge in [-0.2, -0.15) is 13.2 Å². The lowest BCUT2D eigenvalue weighted by atomic mass is 10.0. The summed E-state index contributed by atoms with van der Waals surface area (Å²) in [4.78, 5) is 11.6. The summed E-state index contributed by atoms with van der Waals surface area (Å²) >= 11 is 3.95. The smallest absolute Gasteiger partial charge is 0.416 e. The zero-order valence-electron chi connectivity index (χ0n) is 9.04. The molecule has 17 heavy (non-hydrogen) atoms. The minimum Gasteiger partial charge on any atom is -0.466 e. The highest BCUT2D eigenvalue weighted by Gasteiger charge is 2.33. The second-order valence-electron chi connectivity index (χ2n) is 3.32. The van der Waals surface area contributed by atoms with Crippen molar-refractivity contribution < 1.29 is 22.7 Å². The minimum atomic E-state index is -4.48. The lowest BCUT2D eigenvalue weighted by Crippen LogP contribution is -2.14. The van der Waals surface area contributed by atoms with Gasteiger partial charge >= 0.3 is 12.1 Å². The van der Waals surface area contributed by atoms with E-state index in [2.05, 4.69) is 17.4 Å². The first-order chi connectivity index (χ1) is 7.84. The third-order valence-corrected chi connectivity index (χ3v) is 2.31. The molecule has 0 heterocycles. The van der Waals surface area contributed by atoms with E-state index in [9.17, 15) is 18.0 Å². The van der Waals surface area contributed by atoms with Gasteiger partial charge in [-0.3, -0.25) is 4.79 Å². The maximum Gasteiger partial charge on any atom is 0.416 e. The van der Waals surface area contributed by atoms with Crippen LogP contribution in [0.25, 0.3) is 0 Å². The van der Waals surface area contributed by atoms with E-state index < -0.39 is 24.1 Å². The summed E-state index contributed by atoms with van der Waals surface area (Å²) in [5.41, 5.74) is -0.952. The number of hydrogen-bond acceptors (Lipinski definition) is 3. The maximum absolute atomic E-state index is 12.6. The van der Waals surface area contributed by atoms with Gasteiger partial charge in [-0.1, -0.05) is 0 Å². The van der Waals surface area contributed by atoms with Gasteiger partial charge in [0.25, 0.3) is 0 Å². The number of thiol groups is 1. The molecule has 1 aromatic carbocycles. The van der Waals surface area contributed by atoms with Gasteiger partial charge in [0.2, 0.25) is 0 Å². The Morgan fingerprint density at radius 3 is 2.59 bits per heavy atom. The van der Waals surface area contributed by atoms with Crippen LogP contribution in [-0.4, -0.2) is 12.6 Å². The molecule has 94 valence electrons. The molecule has 0 fully saturated rings. The molecule has 0 aliphatic heterocycles. The molecular weight excluding hydrogens is 253 g/mol. The lowest BCUT2D eigenvalue weighted by Gasteiger charge is -2.12. The van der Waals surface area contributed by atoms with Crippen molar-refractivity contribution in [1.82, 2.24) is 0 Å². The van der Waals surface area contributed by atoms with Crippen molar-refractivity contribution >= 4 is 18.6 Å². The van der Waals surface area contributed by atoms with Crippen LogP contribution in [-0.2, 0) is 22.1 Å². The molecule has 0 aliphatic rings. The molecule has 0 amide bonds. The molecule has 0 spiro atoms. The first-order valence-electron chi connectivity index (χ1n) is 4.89.